The molecule has 0 bridgehead atoms. The number of benzene rings is 4. The Labute approximate surface area is 268 Å². The van der Waals surface area contributed by atoms with Gasteiger partial charge in [0.2, 0.25) is 5.90 Å². The molecule has 0 aromatic heterocycles. The lowest BCUT2D eigenvalue weighted by atomic mass is 9.82. The number of aliphatic hydroxyl groups is 1. The average molecular weight is 707 g/mol. The van der Waals surface area contributed by atoms with Gasteiger partial charge in [-0.15, -0.1) is 0 Å². The van der Waals surface area contributed by atoms with Crippen LogP contribution in [0.4, 0.5) is 0 Å². The second kappa shape index (κ2) is 14.8. The van der Waals surface area contributed by atoms with Gasteiger partial charge in [-0.2, -0.15) is 0 Å². The van der Waals surface area contributed by atoms with Gasteiger partial charge in [0.15, 0.2) is 11.6 Å². The zero-order valence-corrected chi connectivity index (χ0v) is 26.7. The molecule has 4 aromatic carbocycles. The third-order valence-electron chi connectivity index (χ3n) is 7.17. The number of rotatable bonds is 13. The van der Waals surface area contributed by atoms with E-state index in [1.54, 1.807) is 0 Å². The second-order valence-electron chi connectivity index (χ2n) is 10.3. The Bertz CT molecular complexity index is 1510. The fourth-order valence-corrected chi connectivity index (χ4v) is 5.46. The van der Waals surface area contributed by atoms with Crippen molar-refractivity contribution >= 4 is 43.7 Å². The fraction of sp³-hybridized carbons (Fsp3) is 0.235. The summed E-state index contributed by atoms with van der Waals surface area (Å²) in [6, 6.07) is 33.2. The second-order valence-corrected chi connectivity index (χ2v) is 12.1. The molecule has 0 aliphatic carbocycles. The average Bonchev–Trinajstić information content (AvgIpc) is 3.42. The highest BCUT2D eigenvalue weighted by molar-refractivity contribution is 9.10. The minimum atomic E-state index is -1.29. The Morgan fingerprint density at radius 1 is 0.884 bits per heavy atom. The number of hydrogen-bond donors (Lipinski definition) is 3. The van der Waals surface area contributed by atoms with Gasteiger partial charge in [0.05, 0.1) is 6.61 Å². The van der Waals surface area contributed by atoms with E-state index in [4.69, 9.17) is 19.6 Å². The summed E-state index contributed by atoms with van der Waals surface area (Å²) in [6.07, 6.45) is 0.960. The molecule has 0 unspecified atom stereocenters. The summed E-state index contributed by atoms with van der Waals surface area (Å²) in [6.45, 7) is 1.05. The van der Waals surface area contributed by atoms with Crippen LogP contribution in [0.1, 0.15) is 34.8 Å². The molecule has 0 fully saturated rings. The normalized spacial score (nSPS) is 17.7. The van der Waals surface area contributed by atoms with Crippen LogP contribution in [0.5, 0.6) is 5.75 Å². The third-order valence-corrected chi connectivity index (χ3v) is 8.23. The lowest BCUT2D eigenvalue weighted by Gasteiger charge is -2.31. The van der Waals surface area contributed by atoms with E-state index < -0.39 is 11.6 Å². The predicted octanol–water partition coefficient (Wildman–Crippen LogP) is 6.34. The quantitative estimate of drug-likeness (QED) is 0.112. The van der Waals surface area contributed by atoms with Crippen LogP contribution in [0, 0.1) is 0 Å². The maximum Gasteiger partial charge on any atom is 0.266 e. The van der Waals surface area contributed by atoms with Crippen LogP contribution in [0.2, 0.25) is 0 Å². The van der Waals surface area contributed by atoms with Crippen molar-refractivity contribution < 1.29 is 19.4 Å². The van der Waals surface area contributed by atoms with Crippen LogP contribution in [-0.4, -0.2) is 42.2 Å². The van der Waals surface area contributed by atoms with Gasteiger partial charge in [-0.25, -0.2) is 10.4 Å². The smallest absolute Gasteiger partial charge is 0.266 e. The molecule has 222 valence electrons. The summed E-state index contributed by atoms with van der Waals surface area (Å²) in [5.74, 6) is 0.793. The molecule has 4 aromatic rings. The molecule has 0 spiro atoms. The molecule has 3 N–H and O–H groups in total. The van der Waals surface area contributed by atoms with E-state index in [1.807, 2.05) is 91.0 Å². The van der Waals surface area contributed by atoms with E-state index in [0.29, 0.717) is 37.6 Å². The zero-order chi connectivity index (χ0) is 30.1. The van der Waals surface area contributed by atoms with Crippen molar-refractivity contribution in [2.24, 2.45) is 4.99 Å². The van der Waals surface area contributed by atoms with E-state index >= 15 is 0 Å². The van der Waals surface area contributed by atoms with Crippen molar-refractivity contribution in [3.8, 4) is 5.75 Å². The standard InChI is InChI=1S/C34H33Br2N3O4/c35-28-13-7-24(8-14-28)19-20-37-39-33(41)34(23-25-9-15-29(36)16-10-25)31(26-5-2-1-3-6-26)43-32(38-34)27-11-17-30(18-12-27)42-22-4-21-40/h1-3,5-18,31,37,40H,4,19-23H2,(H,39,41)/t31-,34-/m0/s1. The highest BCUT2D eigenvalue weighted by atomic mass is 79.9. The molecular formula is C34H33Br2N3O4. The molecule has 1 heterocycles. The van der Waals surface area contributed by atoms with Gasteiger partial charge in [-0.3, -0.25) is 10.2 Å². The Hall–Kier alpha value is -3.50. The molecule has 0 saturated heterocycles. The van der Waals surface area contributed by atoms with Crippen LogP contribution in [0.25, 0.3) is 0 Å². The van der Waals surface area contributed by atoms with Gasteiger partial charge >= 0.3 is 0 Å². The molecular weight excluding hydrogens is 674 g/mol. The number of nitrogens with one attached hydrogen (secondary N) is 2. The minimum absolute atomic E-state index is 0.0746. The van der Waals surface area contributed by atoms with E-state index in [0.717, 1.165) is 37.6 Å². The monoisotopic (exact) mass is 705 g/mol. The van der Waals surface area contributed by atoms with Crippen molar-refractivity contribution in [1.82, 2.24) is 10.9 Å². The third kappa shape index (κ3) is 7.92. The first-order valence-electron chi connectivity index (χ1n) is 14.1. The molecule has 2 atom stereocenters. The van der Waals surface area contributed by atoms with Gasteiger partial charge < -0.3 is 14.6 Å². The first-order chi connectivity index (χ1) is 21.0. The summed E-state index contributed by atoms with van der Waals surface area (Å²) >= 11 is 6.98. The van der Waals surface area contributed by atoms with Gasteiger partial charge in [-0.05, 0) is 71.6 Å². The number of carbonyl (C=O) groups excluding carboxylic acids is 1. The van der Waals surface area contributed by atoms with Gasteiger partial charge in [0, 0.05) is 40.5 Å². The van der Waals surface area contributed by atoms with E-state index in [9.17, 15) is 4.79 Å². The maximum absolute atomic E-state index is 14.2. The van der Waals surface area contributed by atoms with Crippen molar-refractivity contribution in [2.45, 2.75) is 30.9 Å². The molecule has 1 aliphatic rings. The first-order valence-corrected chi connectivity index (χ1v) is 15.7. The number of aliphatic imine (C=N–C) groups is 1. The fourth-order valence-electron chi connectivity index (χ4n) is 4.93. The molecule has 5 rings (SSSR count). The summed E-state index contributed by atoms with van der Waals surface area (Å²) in [5.41, 5.74) is 8.50. The number of halogens is 2. The number of ether oxygens (including phenoxy) is 2. The number of amides is 1. The van der Waals surface area contributed by atoms with E-state index in [2.05, 4.69) is 54.8 Å². The van der Waals surface area contributed by atoms with Crippen LogP contribution in [-0.2, 0) is 22.4 Å². The molecule has 7 nitrogen and oxygen atoms in total. The van der Waals surface area contributed by atoms with E-state index in [1.165, 1.54) is 0 Å². The van der Waals surface area contributed by atoms with Gasteiger partial charge in [0.25, 0.3) is 5.91 Å². The number of hydrogen-bond acceptors (Lipinski definition) is 6. The lowest BCUT2D eigenvalue weighted by Crippen LogP contribution is -2.54. The zero-order valence-electron chi connectivity index (χ0n) is 23.5. The summed E-state index contributed by atoms with van der Waals surface area (Å²) in [5, 5.41) is 9.04. The molecule has 1 amide bonds. The molecule has 0 saturated carbocycles. The van der Waals surface area contributed by atoms with Crippen molar-refractivity contribution in [1.29, 1.82) is 0 Å². The van der Waals surface area contributed by atoms with Crippen LogP contribution in [0.15, 0.2) is 117 Å². The van der Waals surface area contributed by atoms with Crippen molar-refractivity contribution in [3.05, 3.63) is 134 Å². The highest BCUT2D eigenvalue weighted by Gasteiger charge is 2.53. The first kappa shape index (κ1) is 30.9. The topological polar surface area (TPSA) is 92.2 Å². The van der Waals surface area contributed by atoms with Crippen LogP contribution < -0.4 is 15.6 Å². The van der Waals surface area contributed by atoms with Gasteiger partial charge in [0.1, 0.15) is 5.75 Å². The molecule has 0 radical (unpaired) electrons. The predicted molar refractivity (Wildman–Crippen MR) is 175 cm³/mol. The van der Waals surface area contributed by atoms with E-state index in [-0.39, 0.29) is 12.5 Å². The van der Waals surface area contributed by atoms with Crippen LogP contribution in [0.3, 0.4) is 0 Å². The number of aliphatic hydroxyl groups excluding tert-OH is 1. The van der Waals surface area contributed by atoms with Crippen LogP contribution >= 0.6 is 31.9 Å². The summed E-state index contributed by atoms with van der Waals surface area (Å²) in [4.78, 5) is 19.3. The number of nitrogens with zero attached hydrogens (tertiary/aromatic N) is 1. The minimum Gasteiger partial charge on any atom is -0.494 e. The maximum atomic E-state index is 14.2. The lowest BCUT2D eigenvalue weighted by molar-refractivity contribution is -0.130. The number of carbonyl (C=O) groups is 1. The van der Waals surface area contributed by atoms with Crippen molar-refractivity contribution in [2.75, 3.05) is 19.8 Å². The molecule has 43 heavy (non-hydrogen) atoms. The molecule has 9 heteroatoms. The Kier molecular flexibility index (Phi) is 10.6. The molecule has 1 aliphatic heterocycles. The Morgan fingerprint density at radius 2 is 1.53 bits per heavy atom. The summed E-state index contributed by atoms with van der Waals surface area (Å²) in [7, 11) is 0. The van der Waals surface area contributed by atoms with Crippen molar-refractivity contribution in [3.63, 3.8) is 0 Å². The van der Waals surface area contributed by atoms with Gasteiger partial charge in [-0.1, -0.05) is 86.5 Å². The Morgan fingerprint density at radius 3 is 2.19 bits per heavy atom. The summed E-state index contributed by atoms with van der Waals surface area (Å²) < 4.78 is 14.2. The number of hydrazine groups is 1. The Balaban J connectivity index is 1.45. The SMILES string of the molecule is O=C(NNCCc1ccc(Br)cc1)[C@@]1(Cc2ccc(Br)cc2)N=C(c2ccc(OCCCO)cc2)O[C@H]1c1ccccc1. The largest absolute Gasteiger partial charge is 0.494 e. The highest BCUT2D eigenvalue weighted by Crippen LogP contribution is 2.42.